The Kier molecular flexibility index (Phi) is 8.88. The summed E-state index contributed by atoms with van der Waals surface area (Å²) in [6, 6.07) is 13.3. The molecule has 3 rings (SSSR count). The van der Waals surface area contributed by atoms with Crippen LogP contribution in [-0.2, 0) is 14.8 Å². The molecular weight excluding hydrogens is 438 g/mol. The summed E-state index contributed by atoms with van der Waals surface area (Å²) in [7, 11) is -3.98. The van der Waals surface area contributed by atoms with Gasteiger partial charge in [0.15, 0.2) is 0 Å². The van der Waals surface area contributed by atoms with Crippen LogP contribution < -0.4 is 14.5 Å². The van der Waals surface area contributed by atoms with Gasteiger partial charge in [-0.15, -0.1) is 0 Å². The van der Waals surface area contributed by atoms with Crippen LogP contribution in [0.1, 0.15) is 57.4 Å². The number of rotatable bonds is 8. The number of hydrogen-bond donors (Lipinski definition) is 1. The Morgan fingerprint density at radius 1 is 0.970 bits per heavy atom. The topological polar surface area (TPSA) is 88.1 Å². The maximum atomic E-state index is 13.5. The molecule has 1 amide bonds. The Labute approximate surface area is 196 Å². The molecule has 2 aromatic carbocycles. The van der Waals surface area contributed by atoms with Crippen LogP contribution in [0.2, 0.25) is 0 Å². The third-order valence-electron chi connectivity index (χ3n) is 5.60. The summed E-state index contributed by atoms with van der Waals surface area (Å²) in [4.78, 5) is 12.9. The van der Waals surface area contributed by atoms with Gasteiger partial charge in [-0.1, -0.05) is 37.0 Å². The van der Waals surface area contributed by atoms with E-state index < -0.39 is 15.9 Å². The van der Waals surface area contributed by atoms with Gasteiger partial charge in [0.2, 0.25) is 0 Å². The number of hydrogen-bond acceptors (Lipinski definition) is 5. The normalized spacial score (nSPS) is 14.7. The van der Waals surface area contributed by atoms with E-state index in [9.17, 15) is 13.2 Å². The van der Waals surface area contributed by atoms with Crippen LogP contribution in [0.25, 0.3) is 0 Å². The lowest BCUT2D eigenvalue weighted by molar-refractivity contribution is -0.119. The Morgan fingerprint density at radius 3 is 2.18 bits per heavy atom. The fourth-order valence-corrected chi connectivity index (χ4v) is 5.18. The number of ether oxygens (including phenoxy) is 1. The second-order valence-electron chi connectivity index (χ2n) is 8.23. The summed E-state index contributed by atoms with van der Waals surface area (Å²) in [5.74, 6) is 0.116. The van der Waals surface area contributed by atoms with Crippen LogP contribution in [0.3, 0.4) is 0 Å². The van der Waals surface area contributed by atoms with Crippen molar-refractivity contribution in [1.29, 1.82) is 0 Å². The zero-order valence-electron chi connectivity index (χ0n) is 19.4. The van der Waals surface area contributed by atoms with Crippen molar-refractivity contribution < 1.29 is 17.9 Å². The van der Waals surface area contributed by atoms with Crippen LogP contribution in [-0.4, -0.2) is 33.2 Å². The van der Waals surface area contributed by atoms with Crippen LogP contribution in [0.4, 0.5) is 5.69 Å². The van der Waals surface area contributed by atoms with Crippen molar-refractivity contribution in [3.63, 3.8) is 0 Å². The van der Waals surface area contributed by atoms with Gasteiger partial charge in [-0.05, 0) is 75.9 Å². The highest BCUT2D eigenvalue weighted by Gasteiger charge is 2.27. The maximum absolute atomic E-state index is 13.5. The second kappa shape index (κ2) is 11.8. The molecule has 1 aliphatic carbocycles. The quantitative estimate of drug-likeness (QED) is 0.560. The number of sulfonamides is 1. The summed E-state index contributed by atoms with van der Waals surface area (Å²) in [5, 5.41) is 4.31. The lowest BCUT2D eigenvalue weighted by Gasteiger charge is -2.24. The minimum absolute atomic E-state index is 0.0886. The Bertz CT molecular complexity index is 1040. The first-order valence-corrected chi connectivity index (χ1v) is 13.0. The number of aryl methyl sites for hydroxylation is 1. The van der Waals surface area contributed by atoms with Crippen LogP contribution in [0.15, 0.2) is 58.5 Å². The van der Waals surface area contributed by atoms with E-state index in [2.05, 4.69) is 10.5 Å². The van der Waals surface area contributed by atoms with Gasteiger partial charge in [0.1, 0.15) is 12.3 Å². The molecule has 0 saturated heterocycles. The maximum Gasteiger partial charge on any atom is 0.264 e. The van der Waals surface area contributed by atoms with Crippen molar-refractivity contribution in [2.75, 3.05) is 17.5 Å². The van der Waals surface area contributed by atoms with Gasteiger partial charge in [0.05, 0.1) is 17.2 Å². The van der Waals surface area contributed by atoms with Gasteiger partial charge in [0.25, 0.3) is 15.9 Å². The number of carbonyl (C=O) groups is 1. The molecular formula is C25H33N3O4S. The van der Waals surface area contributed by atoms with E-state index in [-0.39, 0.29) is 11.4 Å². The van der Waals surface area contributed by atoms with Gasteiger partial charge < -0.3 is 4.74 Å². The average Bonchev–Trinajstić information content (AvgIpc) is 2.78. The molecule has 0 atom stereocenters. The molecule has 0 aliphatic heterocycles. The first-order valence-electron chi connectivity index (χ1n) is 11.6. The van der Waals surface area contributed by atoms with Crippen molar-refractivity contribution in [3.8, 4) is 5.75 Å². The molecule has 0 heterocycles. The smallest absolute Gasteiger partial charge is 0.264 e. The van der Waals surface area contributed by atoms with E-state index in [0.29, 0.717) is 18.0 Å². The Hall–Kier alpha value is -2.87. The predicted octanol–water partition coefficient (Wildman–Crippen LogP) is 4.81. The summed E-state index contributed by atoms with van der Waals surface area (Å²) in [6.07, 6.45) is 7.46. The molecule has 1 N–H and O–H groups in total. The Morgan fingerprint density at radius 2 is 1.58 bits per heavy atom. The van der Waals surface area contributed by atoms with E-state index in [1.807, 2.05) is 26.0 Å². The van der Waals surface area contributed by atoms with E-state index >= 15 is 0 Å². The minimum atomic E-state index is -3.98. The molecule has 7 nitrogen and oxygen atoms in total. The fourth-order valence-electron chi connectivity index (χ4n) is 3.76. The van der Waals surface area contributed by atoms with Crippen molar-refractivity contribution in [2.45, 2.75) is 63.7 Å². The molecule has 178 valence electrons. The van der Waals surface area contributed by atoms with Crippen molar-refractivity contribution >= 4 is 27.3 Å². The molecule has 1 fully saturated rings. The summed E-state index contributed by atoms with van der Waals surface area (Å²) < 4.78 is 33.5. The number of benzene rings is 2. The van der Waals surface area contributed by atoms with Gasteiger partial charge in [-0.2, -0.15) is 5.10 Å². The zero-order chi connectivity index (χ0) is 23.7. The summed E-state index contributed by atoms with van der Waals surface area (Å²) in [6.45, 7) is 3.91. The summed E-state index contributed by atoms with van der Waals surface area (Å²) in [5.41, 5.74) is 4.97. The molecule has 0 bridgehead atoms. The zero-order valence-corrected chi connectivity index (χ0v) is 20.2. The monoisotopic (exact) mass is 471 g/mol. The van der Waals surface area contributed by atoms with Crippen LogP contribution in [0, 0.1) is 6.92 Å². The minimum Gasteiger partial charge on any atom is -0.494 e. The third kappa shape index (κ3) is 7.05. The molecule has 33 heavy (non-hydrogen) atoms. The lowest BCUT2D eigenvalue weighted by atomic mass is 9.99. The van der Waals surface area contributed by atoms with E-state index in [1.165, 1.54) is 31.4 Å². The Balaban J connectivity index is 1.82. The molecule has 0 aromatic heterocycles. The number of carbonyl (C=O) groups excluding carboxylic acids is 1. The van der Waals surface area contributed by atoms with E-state index in [4.69, 9.17) is 4.74 Å². The molecule has 8 heteroatoms. The molecule has 0 radical (unpaired) electrons. The SMILES string of the molecule is CCOc1ccc(S(=O)(=O)N(CC(=O)NN=C2CCCCCCC2)c2ccc(C)cc2)cc1. The fraction of sp³-hybridized carbons (Fsp3) is 0.440. The summed E-state index contributed by atoms with van der Waals surface area (Å²) >= 11 is 0. The standard InChI is InChI=1S/C25H33N3O4S/c1-3-32-23-15-17-24(18-16-23)33(30,31)28(22-13-11-20(2)12-14-22)19-25(29)27-26-21-9-7-5-4-6-8-10-21/h11-18H,3-10,19H2,1-2H3,(H,27,29). The molecule has 2 aromatic rings. The number of amides is 1. The van der Waals surface area contributed by atoms with Crippen molar-refractivity contribution in [1.82, 2.24) is 5.43 Å². The van der Waals surface area contributed by atoms with E-state index in [1.54, 1.807) is 24.3 Å². The van der Waals surface area contributed by atoms with Crippen molar-refractivity contribution in [3.05, 3.63) is 54.1 Å². The highest BCUT2D eigenvalue weighted by atomic mass is 32.2. The largest absolute Gasteiger partial charge is 0.494 e. The number of nitrogens with zero attached hydrogens (tertiary/aromatic N) is 2. The second-order valence-corrected chi connectivity index (χ2v) is 10.1. The first-order chi connectivity index (χ1) is 15.9. The average molecular weight is 472 g/mol. The first kappa shape index (κ1) is 24.8. The number of nitrogens with one attached hydrogen (secondary N) is 1. The van der Waals surface area contributed by atoms with Crippen LogP contribution in [0.5, 0.6) is 5.75 Å². The molecule has 1 saturated carbocycles. The van der Waals surface area contributed by atoms with Gasteiger partial charge in [0, 0.05) is 5.71 Å². The lowest BCUT2D eigenvalue weighted by Crippen LogP contribution is -2.39. The third-order valence-corrected chi connectivity index (χ3v) is 7.39. The van der Waals surface area contributed by atoms with Crippen LogP contribution >= 0.6 is 0 Å². The number of anilines is 1. The van der Waals surface area contributed by atoms with Crippen molar-refractivity contribution in [2.24, 2.45) is 5.10 Å². The highest BCUT2D eigenvalue weighted by molar-refractivity contribution is 7.92. The van der Waals surface area contributed by atoms with Gasteiger partial charge >= 0.3 is 0 Å². The number of hydrazone groups is 1. The molecule has 0 spiro atoms. The predicted molar refractivity (Wildman–Crippen MR) is 131 cm³/mol. The van der Waals surface area contributed by atoms with Gasteiger partial charge in [-0.25, -0.2) is 13.8 Å². The molecule has 1 aliphatic rings. The molecule has 0 unspecified atom stereocenters. The van der Waals surface area contributed by atoms with Gasteiger partial charge in [-0.3, -0.25) is 9.10 Å². The highest BCUT2D eigenvalue weighted by Crippen LogP contribution is 2.25. The van der Waals surface area contributed by atoms with E-state index in [0.717, 1.165) is 41.3 Å².